The van der Waals surface area contributed by atoms with Gasteiger partial charge in [0.2, 0.25) is 5.91 Å². The second-order valence-electron chi connectivity index (χ2n) is 5.69. The van der Waals surface area contributed by atoms with Crippen molar-refractivity contribution in [1.29, 1.82) is 0 Å². The van der Waals surface area contributed by atoms with Gasteiger partial charge in [-0.1, -0.05) is 15.9 Å². The molecular weight excluding hydrogens is 385 g/mol. The van der Waals surface area contributed by atoms with Gasteiger partial charge < -0.3 is 21.1 Å². The lowest BCUT2D eigenvalue weighted by Crippen LogP contribution is -2.37. The summed E-state index contributed by atoms with van der Waals surface area (Å²) < 4.78 is 5.70. The second-order valence-corrected chi connectivity index (χ2v) is 7.16. The Labute approximate surface area is 145 Å². The molecule has 126 valence electrons. The van der Waals surface area contributed by atoms with Crippen LogP contribution in [0.5, 0.6) is 0 Å². The van der Waals surface area contributed by atoms with E-state index in [4.69, 9.17) is 10.5 Å². The first kappa shape index (κ1) is 19.4. The molecule has 0 fully saturated rings. The molecule has 0 radical (unpaired) electrons. The van der Waals surface area contributed by atoms with Crippen LogP contribution in [-0.2, 0) is 9.53 Å². The van der Waals surface area contributed by atoms with Crippen LogP contribution in [-0.4, -0.2) is 30.1 Å². The minimum Gasteiger partial charge on any atom is -0.444 e. The van der Waals surface area contributed by atoms with Gasteiger partial charge in [-0.05, 0) is 38.2 Å². The fraction of sp³-hybridized carbons (Fsp3) is 0.357. The van der Waals surface area contributed by atoms with Gasteiger partial charge in [0.15, 0.2) is 0 Å². The maximum atomic E-state index is 11.9. The topological polar surface area (TPSA) is 111 Å². The van der Waals surface area contributed by atoms with E-state index in [9.17, 15) is 14.4 Å². The number of anilines is 1. The van der Waals surface area contributed by atoms with Crippen LogP contribution in [0.1, 0.15) is 31.1 Å². The van der Waals surface area contributed by atoms with E-state index in [0.717, 1.165) is 5.30 Å². The number of alkyl carbamates (subject to hydrolysis) is 1. The van der Waals surface area contributed by atoms with Gasteiger partial charge in [0.1, 0.15) is 12.1 Å². The molecule has 7 nitrogen and oxygen atoms in total. The number of carbonyl (C=O) groups is 3. The molecule has 1 aromatic rings. The van der Waals surface area contributed by atoms with Gasteiger partial charge >= 0.3 is 6.09 Å². The van der Waals surface area contributed by atoms with Crippen molar-refractivity contribution in [3.05, 3.63) is 22.2 Å². The van der Waals surface area contributed by atoms with Crippen LogP contribution in [0.25, 0.3) is 0 Å². The third-order valence-corrected chi connectivity index (χ3v) is 4.06. The lowest BCUT2D eigenvalue weighted by Gasteiger charge is -2.19. The number of hydrogen-bond acceptors (Lipinski definition) is 4. The maximum absolute atomic E-state index is 11.9. The number of hydrogen-bond donors (Lipinski definition) is 3. The van der Waals surface area contributed by atoms with E-state index in [0.29, 0.717) is 4.47 Å². The predicted molar refractivity (Wildman–Crippen MR) is 94.9 cm³/mol. The molecule has 0 saturated heterocycles. The number of amides is 3. The molecule has 1 unspecified atom stereocenters. The SMILES string of the molecule is CC(C)(C)OC(=O)NCC(=O)Nc1cc(Br)c(P)cc1C(N)=O. The molecule has 0 aliphatic rings. The van der Waals surface area contributed by atoms with E-state index < -0.39 is 23.5 Å². The van der Waals surface area contributed by atoms with Gasteiger partial charge in [0, 0.05) is 4.47 Å². The number of primary amides is 1. The quantitative estimate of drug-likeness (QED) is 0.661. The molecule has 3 amide bonds. The number of halogens is 1. The zero-order valence-electron chi connectivity index (χ0n) is 13.0. The predicted octanol–water partition coefficient (Wildman–Crippen LogP) is 1.51. The van der Waals surface area contributed by atoms with Gasteiger partial charge in [-0.2, -0.15) is 0 Å². The minimum atomic E-state index is -0.704. The summed E-state index contributed by atoms with van der Waals surface area (Å²) in [6.07, 6.45) is -0.704. The van der Waals surface area contributed by atoms with Crippen molar-refractivity contribution in [2.24, 2.45) is 5.73 Å². The fourth-order valence-corrected chi connectivity index (χ4v) is 2.15. The molecule has 4 N–H and O–H groups in total. The number of nitrogens with two attached hydrogens (primary N) is 1. The van der Waals surface area contributed by atoms with Crippen LogP contribution >= 0.6 is 25.2 Å². The Hall–Kier alpha value is -1.66. The number of rotatable bonds is 4. The monoisotopic (exact) mass is 403 g/mol. The van der Waals surface area contributed by atoms with Gasteiger partial charge in [-0.25, -0.2) is 4.79 Å². The number of ether oxygens (including phenoxy) is 1. The van der Waals surface area contributed by atoms with Crippen molar-refractivity contribution in [1.82, 2.24) is 5.32 Å². The van der Waals surface area contributed by atoms with Crippen LogP contribution in [0.3, 0.4) is 0 Å². The summed E-state index contributed by atoms with van der Waals surface area (Å²) in [5, 5.41) is 5.58. The Bertz CT molecular complexity index is 644. The van der Waals surface area contributed by atoms with E-state index in [-0.39, 0.29) is 17.8 Å². The molecule has 23 heavy (non-hydrogen) atoms. The molecule has 0 aliphatic carbocycles. The number of carbonyl (C=O) groups excluding carboxylic acids is 3. The fourth-order valence-electron chi connectivity index (χ4n) is 1.56. The lowest BCUT2D eigenvalue weighted by molar-refractivity contribution is -0.115. The van der Waals surface area contributed by atoms with Gasteiger partial charge in [-0.15, -0.1) is 9.24 Å². The van der Waals surface area contributed by atoms with Crippen LogP contribution in [0, 0.1) is 0 Å². The van der Waals surface area contributed by atoms with E-state index in [1.54, 1.807) is 26.8 Å². The first-order valence-corrected chi connectivity index (χ1v) is 8.02. The highest BCUT2D eigenvalue weighted by atomic mass is 79.9. The van der Waals surface area contributed by atoms with Gasteiger partial charge in [-0.3, -0.25) is 9.59 Å². The van der Waals surface area contributed by atoms with E-state index in [1.165, 1.54) is 6.07 Å². The molecule has 1 atom stereocenters. The third-order valence-electron chi connectivity index (χ3n) is 2.47. The van der Waals surface area contributed by atoms with Crippen molar-refractivity contribution in [2.75, 3.05) is 11.9 Å². The molecule has 0 saturated carbocycles. The van der Waals surface area contributed by atoms with Crippen molar-refractivity contribution < 1.29 is 19.1 Å². The first-order chi connectivity index (χ1) is 10.5. The smallest absolute Gasteiger partial charge is 0.408 e. The summed E-state index contributed by atoms with van der Waals surface area (Å²) in [6, 6.07) is 3.10. The third kappa shape index (κ3) is 6.54. The highest BCUT2D eigenvalue weighted by Crippen LogP contribution is 2.21. The molecule has 0 aliphatic heterocycles. The van der Waals surface area contributed by atoms with E-state index in [2.05, 4.69) is 35.8 Å². The van der Waals surface area contributed by atoms with Crippen molar-refractivity contribution in [3.8, 4) is 0 Å². The van der Waals surface area contributed by atoms with Crippen molar-refractivity contribution in [2.45, 2.75) is 26.4 Å². The minimum absolute atomic E-state index is 0.170. The highest BCUT2D eigenvalue weighted by Gasteiger charge is 2.17. The Morgan fingerprint density at radius 2 is 1.91 bits per heavy atom. The zero-order chi connectivity index (χ0) is 17.8. The standard InChI is InChI=1S/C14H19BrN3O4P/c1-14(2,3)22-13(21)17-6-11(19)18-9-5-8(15)10(23)4-7(9)12(16)20/h4-5H,6,23H2,1-3H3,(H2,16,20)(H,17,21)(H,18,19). The molecule has 0 aromatic heterocycles. The molecule has 1 aromatic carbocycles. The lowest BCUT2D eigenvalue weighted by atomic mass is 10.1. The summed E-state index contributed by atoms with van der Waals surface area (Å²) in [6.45, 7) is 4.85. The van der Waals surface area contributed by atoms with Crippen LogP contribution in [0.15, 0.2) is 16.6 Å². The summed E-state index contributed by atoms with van der Waals surface area (Å²) in [7, 11) is 2.44. The van der Waals surface area contributed by atoms with E-state index >= 15 is 0 Å². The molecule has 0 bridgehead atoms. The summed E-state index contributed by atoms with van der Waals surface area (Å²) in [5.74, 6) is -1.18. The first-order valence-electron chi connectivity index (χ1n) is 6.65. The highest BCUT2D eigenvalue weighted by molar-refractivity contribution is 9.10. The van der Waals surface area contributed by atoms with E-state index in [1.807, 2.05) is 0 Å². The Morgan fingerprint density at radius 1 is 1.30 bits per heavy atom. The van der Waals surface area contributed by atoms with Gasteiger partial charge in [0.05, 0.1) is 11.3 Å². The summed E-state index contributed by atoms with van der Waals surface area (Å²) in [5.41, 5.74) is 5.07. The Morgan fingerprint density at radius 3 is 2.43 bits per heavy atom. The molecule has 9 heteroatoms. The van der Waals surface area contributed by atoms with Crippen LogP contribution in [0.2, 0.25) is 0 Å². The van der Waals surface area contributed by atoms with Crippen molar-refractivity contribution >= 4 is 54.1 Å². The molecule has 0 spiro atoms. The maximum Gasteiger partial charge on any atom is 0.408 e. The number of benzene rings is 1. The Kier molecular flexibility index (Phi) is 6.53. The average Bonchev–Trinajstić information content (AvgIpc) is 2.38. The number of nitrogens with one attached hydrogen (secondary N) is 2. The zero-order valence-corrected chi connectivity index (χ0v) is 15.8. The van der Waals surface area contributed by atoms with Crippen LogP contribution in [0.4, 0.5) is 10.5 Å². The van der Waals surface area contributed by atoms with Crippen LogP contribution < -0.4 is 21.7 Å². The molecule has 1 rings (SSSR count). The average molecular weight is 404 g/mol. The largest absolute Gasteiger partial charge is 0.444 e. The molecular formula is C14H19BrN3O4P. The summed E-state index contributed by atoms with van der Waals surface area (Å²) >= 11 is 3.30. The normalized spacial score (nSPS) is 10.8. The summed E-state index contributed by atoms with van der Waals surface area (Å²) in [4.78, 5) is 34.8. The van der Waals surface area contributed by atoms with Crippen molar-refractivity contribution in [3.63, 3.8) is 0 Å². The van der Waals surface area contributed by atoms with Gasteiger partial charge in [0.25, 0.3) is 5.91 Å². The molecule has 0 heterocycles. The second kappa shape index (κ2) is 7.75. The Balaban J connectivity index is 2.73.